The Morgan fingerprint density at radius 3 is 1.12 bits per heavy atom. The predicted molar refractivity (Wildman–Crippen MR) is 252 cm³/mol. The van der Waals surface area contributed by atoms with Gasteiger partial charge in [-0.2, -0.15) is 0 Å². The minimum Gasteiger partial charge on any atom is -0.480 e. The first-order valence-corrected chi connectivity index (χ1v) is 23.0. The molecule has 374 valence electrons. The van der Waals surface area contributed by atoms with Crippen molar-refractivity contribution in [2.24, 2.45) is 77.3 Å². The van der Waals surface area contributed by atoms with Gasteiger partial charge in [-0.25, -0.2) is 0 Å². The Balaban J connectivity index is 6.56. The quantitative estimate of drug-likeness (QED) is 0.0123. The summed E-state index contributed by atoms with van der Waals surface area (Å²) in [5, 5.41) is 24.3. The maximum Gasteiger partial charge on any atom is 0.321 e. The van der Waals surface area contributed by atoms with Crippen LogP contribution >= 0.6 is 21.6 Å². The smallest absolute Gasteiger partial charge is 0.321 e. The van der Waals surface area contributed by atoms with E-state index in [4.69, 9.17) is 62.4 Å². The monoisotopic (exact) mass is 976 g/mol. The first kappa shape index (κ1) is 59.5. The average Bonchev–Trinajstić information content (AvgIpc) is 3.22. The summed E-state index contributed by atoms with van der Waals surface area (Å²) in [4.78, 5) is 119. The highest BCUT2D eigenvalue weighted by Crippen LogP contribution is 2.23. The van der Waals surface area contributed by atoms with Gasteiger partial charge in [-0.05, 0) is 58.3 Å². The fourth-order valence-corrected chi connectivity index (χ4v) is 7.61. The van der Waals surface area contributed by atoms with Crippen LogP contribution in [0.5, 0.6) is 0 Å². The number of guanidine groups is 4. The third kappa shape index (κ3) is 28.3. The van der Waals surface area contributed by atoms with E-state index in [-0.39, 0.29) is 113 Å². The van der Waals surface area contributed by atoms with Crippen LogP contribution in [0.2, 0.25) is 0 Å². The Hall–Kier alpha value is -6.50. The minimum absolute atomic E-state index is 0.00889. The van der Waals surface area contributed by atoms with Gasteiger partial charge in [-0.1, -0.05) is 21.6 Å². The highest BCUT2D eigenvalue weighted by molar-refractivity contribution is 8.76. The number of carboxylic acids is 1. The molecule has 66 heavy (non-hydrogen) atoms. The zero-order chi connectivity index (χ0) is 50.4. The number of nitrogens with one attached hydrogen (secondary N) is 6. The van der Waals surface area contributed by atoms with Gasteiger partial charge in [0.2, 0.25) is 41.4 Å². The van der Waals surface area contributed by atoms with Crippen LogP contribution in [0, 0.1) is 0 Å². The second-order valence-corrected chi connectivity index (χ2v) is 17.0. The van der Waals surface area contributed by atoms with Crippen LogP contribution in [0.4, 0.5) is 0 Å². The van der Waals surface area contributed by atoms with E-state index in [2.05, 4.69) is 51.9 Å². The fraction of sp³-hybridized carbons (Fsp3) is 0.657. The zero-order valence-corrected chi connectivity index (χ0v) is 38.7. The number of nitrogens with two attached hydrogens (primary N) is 10. The van der Waals surface area contributed by atoms with Crippen molar-refractivity contribution in [3.05, 3.63) is 0 Å². The summed E-state index contributed by atoms with van der Waals surface area (Å²) >= 11 is 0. The molecular formula is C35H68N20O9S2. The molecule has 0 fully saturated rings. The van der Waals surface area contributed by atoms with Crippen LogP contribution in [-0.4, -0.2) is 156 Å². The summed E-state index contributed by atoms with van der Waals surface area (Å²) in [7, 11) is 2.12. The van der Waals surface area contributed by atoms with Crippen molar-refractivity contribution in [2.75, 3.05) is 37.7 Å². The molecule has 0 radical (unpaired) electrons. The largest absolute Gasteiger partial charge is 0.480 e. The number of primary amides is 1. The topological polar surface area (TPSA) is 539 Å². The molecule has 0 bridgehead atoms. The molecule has 29 nitrogen and oxygen atoms in total. The van der Waals surface area contributed by atoms with E-state index >= 15 is 0 Å². The van der Waals surface area contributed by atoms with E-state index in [1.165, 1.54) is 13.8 Å². The lowest BCUT2D eigenvalue weighted by molar-refractivity contribution is -0.138. The number of hydrogen-bond acceptors (Lipinski definition) is 15. The third-order valence-corrected chi connectivity index (χ3v) is 11.1. The number of carbonyl (C=O) groups excluding carboxylic acids is 7. The van der Waals surface area contributed by atoms with Crippen LogP contribution < -0.4 is 89.2 Å². The lowest BCUT2D eigenvalue weighted by Crippen LogP contribution is -2.59. The van der Waals surface area contributed by atoms with Gasteiger partial charge in [0, 0.05) is 44.6 Å². The highest BCUT2D eigenvalue weighted by Gasteiger charge is 2.32. The second-order valence-electron chi connectivity index (χ2n) is 14.4. The number of amides is 7. The molecule has 0 heterocycles. The molecule has 0 aliphatic heterocycles. The van der Waals surface area contributed by atoms with E-state index < -0.39 is 89.6 Å². The number of carboxylic acid groups (broad SMARTS) is 1. The Labute approximate surface area is 389 Å². The Bertz CT molecular complexity index is 1740. The van der Waals surface area contributed by atoms with Gasteiger partial charge in [0.25, 0.3) is 0 Å². The molecule has 0 rings (SSSR count). The van der Waals surface area contributed by atoms with Gasteiger partial charge in [-0.3, -0.25) is 58.3 Å². The molecule has 0 aromatic heterocycles. The van der Waals surface area contributed by atoms with Crippen molar-refractivity contribution in [1.82, 2.24) is 31.9 Å². The summed E-state index contributed by atoms with van der Waals surface area (Å²) in [5.41, 5.74) is 54.4. The van der Waals surface area contributed by atoms with Crippen LogP contribution in [0.1, 0.15) is 65.2 Å². The van der Waals surface area contributed by atoms with Crippen molar-refractivity contribution in [3.63, 3.8) is 0 Å². The van der Waals surface area contributed by atoms with Gasteiger partial charge >= 0.3 is 5.97 Å². The molecule has 0 spiro atoms. The molecule has 0 aliphatic carbocycles. The van der Waals surface area contributed by atoms with Crippen molar-refractivity contribution in [2.45, 2.75) is 108 Å². The van der Waals surface area contributed by atoms with E-state index in [1.807, 2.05) is 0 Å². The predicted octanol–water partition coefficient (Wildman–Crippen LogP) is -7.57. The lowest BCUT2D eigenvalue weighted by atomic mass is 10.0. The van der Waals surface area contributed by atoms with Crippen molar-refractivity contribution in [3.8, 4) is 0 Å². The molecule has 27 N–H and O–H groups in total. The van der Waals surface area contributed by atoms with Crippen molar-refractivity contribution < 1.29 is 43.5 Å². The van der Waals surface area contributed by atoms with E-state index in [0.29, 0.717) is 0 Å². The van der Waals surface area contributed by atoms with Gasteiger partial charge < -0.3 is 94.3 Å². The summed E-state index contributed by atoms with van der Waals surface area (Å²) in [6.45, 7) is 2.79. The number of aliphatic carboxylic acids is 1. The molecule has 0 unspecified atom stereocenters. The molecule has 0 aromatic carbocycles. The maximum absolute atomic E-state index is 14.1. The summed E-state index contributed by atoms with van der Waals surface area (Å²) in [5.74, 6) is -7.68. The number of carbonyl (C=O) groups is 8. The van der Waals surface area contributed by atoms with E-state index in [0.717, 1.165) is 21.6 Å². The van der Waals surface area contributed by atoms with Crippen LogP contribution in [0.25, 0.3) is 0 Å². The number of rotatable bonds is 34. The molecule has 0 saturated carbocycles. The van der Waals surface area contributed by atoms with Gasteiger partial charge in [0.15, 0.2) is 23.8 Å². The van der Waals surface area contributed by atoms with Crippen LogP contribution in [-0.2, 0) is 38.4 Å². The van der Waals surface area contributed by atoms with Gasteiger partial charge in [-0.15, -0.1) is 0 Å². The molecule has 0 aliphatic rings. The van der Waals surface area contributed by atoms with E-state index in [9.17, 15) is 38.4 Å². The third-order valence-electron chi connectivity index (χ3n) is 8.67. The molecule has 31 heteroatoms. The summed E-state index contributed by atoms with van der Waals surface area (Å²) < 4.78 is 0. The zero-order valence-electron chi connectivity index (χ0n) is 37.0. The Morgan fingerprint density at radius 2 is 0.788 bits per heavy atom. The van der Waals surface area contributed by atoms with Crippen molar-refractivity contribution in [1.29, 1.82) is 0 Å². The Kier molecular flexibility index (Phi) is 29.8. The normalized spacial score (nSPS) is 13.8. The minimum atomic E-state index is -1.38. The first-order valence-electron chi connectivity index (χ1n) is 20.5. The number of aliphatic imine (C=N–C) groups is 4. The van der Waals surface area contributed by atoms with Crippen LogP contribution in [0.15, 0.2) is 20.0 Å². The SMILES string of the molecule is CC(=O)N[C@H](CSSC[C@H](N)C(=O)O)C(=O)N[C@H](CCCN=C(N)N)C(=O)N[C@H](CCCN=C(N)N)C(=O)N[C@H](CCCN=C(N)N)C(=O)N[C@H](C)C(=O)N[C@H](CCCN=C(N)N)C(N)=O. The van der Waals surface area contributed by atoms with Crippen LogP contribution in [0.3, 0.4) is 0 Å². The second kappa shape index (κ2) is 33.0. The van der Waals surface area contributed by atoms with Gasteiger partial charge in [0.1, 0.15) is 42.3 Å². The molecule has 0 saturated heterocycles. The average molecular weight is 977 g/mol. The summed E-state index contributed by atoms with van der Waals surface area (Å²) in [6, 6.07) is -8.84. The number of hydrogen-bond donors (Lipinski definition) is 17. The maximum atomic E-state index is 14.1. The molecular weight excluding hydrogens is 909 g/mol. The van der Waals surface area contributed by atoms with Gasteiger partial charge in [0.05, 0.1) is 0 Å². The van der Waals surface area contributed by atoms with Crippen molar-refractivity contribution >= 4 is 92.7 Å². The lowest BCUT2D eigenvalue weighted by Gasteiger charge is -2.27. The standard InChI is InChI=1S/C35H68N20O9S2/c1-17(26(58)52-20(25(37)57)7-3-11-46-32(38)39)50-27(59)21(8-4-12-47-33(40)41)53-28(60)22(9-5-13-48-34(42)43)54-29(61)23(10-6-14-49-35(44)45)55-30(62)24(51-18(2)56)16-66-65-15-19(36)31(63)64/h17,19-24H,3-16,36H2,1-2H3,(H2,37,57)(H,50,59)(H,51,56)(H,52,58)(H,53,60)(H,54,61)(H,55,62)(H,63,64)(H4,38,39,46)(H4,40,41,47)(H4,42,43,48)(H4,44,45,49)/t17-,19+,20-,21-,22-,23-,24-/m1/s1. The first-order chi connectivity index (χ1) is 30.9. The van der Waals surface area contributed by atoms with E-state index in [1.54, 1.807) is 0 Å². The summed E-state index contributed by atoms with van der Waals surface area (Å²) in [6.07, 6.45) is 0.577. The molecule has 7 amide bonds. The molecule has 7 atom stereocenters. The number of nitrogens with zero attached hydrogens (tertiary/aromatic N) is 4. The Morgan fingerprint density at radius 1 is 0.470 bits per heavy atom. The molecule has 0 aromatic rings. The highest BCUT2D eigenvalue weighted by atomic mass is 33.1. The fourth-order valence-electron chi connectivity index (χ4n) is 5.34.